The van der Waals surface area contributed by atoms with E-state index < -0.39 is 5.91 Å². The first kappa shape index (κ1) is 16.0. The molecule has 0 fully saturated rings. The number of hydrogen-bond donors (Lipinski definition) is 2. The van der Waals surface area contributed by atoms with Crippen molar-refractivity contribution in [2.75, 3.05) is 5.32 Å². The second-order valence-electron chi connectivity index (χ2n) is 4.23. The Morgan fingerprint density at radius 1 is 1.32 bits per heavy atom. The van der Waals surface area contributed by atoms with E-state index in [-0.39, 0.29) is 12.1 Å². The molecule has 1 amide bonds. The van der Waals surface area contributed by atoms with E-state index in [1.54, 1.807) is 30.3 Å². The van der Waals surface area contributed by atoms with Crippen LogP contribution in [0.1, 0.15) is 5.76 Å². The van der Waals surface area contributed by atoms with E-state index in [4.69, 9.17) is 32.9 Å². The summed E-state index contributed by atoms with van der Waals surface area (Å²) in [6.07, 6.45) is 2.80. The molecule has 5 nitrogen and oxygen atoms in total. The fourth-order valence-electron chi connectivity index (χ4n) is 1.62. The molecule has 0 aliphatic rings. The molecule has 0 aliphatic heterocycles. The molecule has 112 valence electrons. The first-order valence-electron chi connectivity index (χ1n) is 6.22. The summed E-state index contributed by atoms with van der Waals surface area (Å²) in [5.41, 5.74) is 0.492. The van der Waals surface area contributed by atoms with Gasteiger partial charge in [-0.15, -0.1) is 0 Å². The van der Waals surface area contributed by atoms with Gasteiger partial charge in [-0.2, -0.15) is 5.26 Å². The van der Waals surface area contributed by atoms with Crippen LogP contribution in [0.15, 0.2) is 52.8 Å². The van der Waals surface area contributed by atoms with Crippen molar-refractivity contribution in [1.82, 2.24) is 5.32 Å². The highest BCUT2D eigenvalue weighted by Gasteiger charge is 2.09. The zero-order chi connectivity index (χ0) is 15.9. The number of halogens is 2. The van der Waals surface area contributed by atoms with Gasteiger partial charge < -0.3 is 15.1 Å². The van der Waals surface area contributed by atoms with Gasteiger partial charge in [-0.1, -0.05) is 23.2 Å². The number of nitriles is 1. The lowest BCUT2D eigenvalue weighted by atomic mass is 10.2. The number of nitrogens with zero attached hydrogens (tertiary/aromatic N) is 1. The van der Waals surface area contributed by atoms with Crippen molar-refractivity contribution in [2.45, 2.75) is 6.54 Å². The van der Waals surface area contributed by atoms with Gasteiger partial charge in [-0.25, -0.2) is 0 Å². The molecule has 0 atom stereocenters. The summed E-state index contributed by atoms with van der Waals surface area (Å²) in [5, 5.41) is 15.3. The lowest BCUT2D eigenvalue weighted by Gasteiger charge is -2.05. The second-order valence-corrected chi connectivity index (χ2v) is 5.11. The fraction of sp³-hybridized carbons (Fsp3) is 0.0667. The summed E-state index contributed by atoms with van der Waals surface area (Å²) in [6, 6.07) is 10.1. The molecule has 0 bridgehead atoms. The van der Waals surface area contributed by atoms with E-state index in [0.717, 1.165) is 0 Å². The SMILES string of the molecule is N#C/C(=C/Nc1cc(Cl)cc(Cl)c1)C(=O)NCc1ccco1. The van der Waals surface area contributed by atoms with E-state index in [2.05, 4.69) is 10.6 Å². The molecule has 2 rings (SSSR count). The number of anilines is 1. The first-order chi connectivity index (χ1) is 10.6. The number of benzene rings is 1. The average molecular weight is 336 g/mol. The molecule has 1 aromatic carbocycles. The lowest BCUT2D eigenvalue weighted by molar-refractivity contribution is -0.117. The van der Waals surface area contributed by atoms with Crippen LogP contribution in [0.3, 0.4) is 0 Å². The minimum atomic E-state index is -0.514. The third-order valence-corrected chi connectivity index (χ3v) is 3.05. The molecule has 1 aromatic heterocycles. The number of carbonyl (C=O) groups excluding carboxylic acids is 1. The van der Waals surface area contributed by atoms with Gasteiger partial charge in [0.05, 0.1) is 12.8 Å². The third-order valence-electron chi connectivity index (χ3n) is 2.61. The Balaban J connectivity index is 2.00. The molecule has 0 spiro atoms. The Morgan fingerprint density at radius 2 is 2.05 bits per heavy atom. The van der Waals surface area contributed by atoms with Gasteiger partial charge >= 0.3 is 0 Å². The molecule has 0 saturated heterocycles. The van der Waals surface area contributed by atoms with Crippen molar-refractivity contribution >= 4 is 34.8 Å². The number of rotatable bonds is 5. The van der Waals surface area contributed by atoms with Crippen molar-refractivity contribution in [3.05, 3.63) is 64.2 Å². The van der Waals surface area contributed by atoms with Crippen molar-refractivity contribution in [1.29, 1.82) is 5.26 Å². The van der Waals surface area contributed by atoms with Crippen LogP contribution in [-0.4, -0.2) is 5.91 Å². The maximum atomic E-state index is 11.9. The Hall–Kier alpha value is -2.42. The van der Waals surface area contributed by atoms with E-state index in [1.807, 2.05) is 6.07 Å². The van der Waals surface area contributed by atoms with E-state index in [1.165, 1.54) is 12.5 Å². The van der Waals surface area contributed by atoms with Crippen LogP contribution in [0.25, 0.3) is 0 Å². The van der Waals surface area contributed by atoms with Crippen LogP contribution in [0.2, 0.25) is 10.0 Å². The molecule has 22 heavy (non-hydrogen) atoms. The highest BCUT2D eigenvalue weighted by molar-refractivity contribution is 6.35. The minimum Gasteiger partial charge on any atom is -0.467 e. The normalized spacial score (nSPS) is 10.9. The van der Waals surface area contributed by atoms with Gasteiger partial charge in [-0.05, 0) is 30.3 Å². The summed E-state index contributed by atoms with van der Waals surface area (Å²) >= 11 is 11.7. The predicted octanol–water partition coefficient (Wildman–Crippen LogP) is 3.72. The van der Waals surface area contributed by atoms with Crippen molar-refractivity contribution in [3.8, 4) is 6.07 Å². The molecule has 1 heterocycles. The summed E-state index contributed by atoms with van der Waals surface area (Å²) in [5.74, 6) is 0.0831. The quantitative estimate of drug-likeness (QED) is 0.644. The highest BCUT2D eigenvalue weighted by Crippen LogP contribution is 2.22. The topological polar surface area (TPSA) is 78.1 Å². The van der Waals surface area contributed by atoms with Crippen LogP contribution in [0.4, 0.5) is 5.69 Å². The van der Waals surface area contributed by atoms with Gasteiger partial charge in [0.25, 0.3) is 5.91 Å². The Morgan fingerprint density at radius 3 is 2.64 bits per heavy atom. The molecule has 2 aromatic rings. The van der Waals surface area contributed by atoms with Gasteiger partial charge in [0.15, 0.2) is 0 Å². The summed E-state index contributed by atoms with van der Waals surface area (Å²) in [7, 11) is 0. The van der Waals surface area contributed by atoms with Gasteiger partial charge in [0.2, 0.25) is 0 Å². The van der Waals surface area contributed by atoms with Gasteiger partial charge in [0, 0.05) is 21.9 Å². The molecular weight excluding hydrogens is 325 g/mol. The smallest absolute Gasteiger partial charge is 0.263 e. The molecule has 2 N–H and O–H groups in total. The second kappa shape index (κ2) is 7.55. The Bertz CT molecular complexity index is 713. The van der Waals surface area contributed by atoms with Crippen LogP contribution in [0, 0.1) is 11.3 Å². The number of nitrogens with one attached hydrogen (secondary N) is 2. The molecule has 0 unspecified atom stereocenters. The number of hydrogen-bond acceptors (Lipinski definition) is 4. The lowest BCUT2D eigenvalue weighted by Crippen LogP contribution is -2.24. The monoisotopic (exact) mass is 335 g/mol. The maximum Gasteiger partial charge on any atom is 0.263 e. The van der Waals surface area contributed by atoms with Crippen LogP contribution in [0.5, 0.6) is 0 Å². The minimum absolute atomic E-state index is 0.0809. The van der Waals surface area contributed by atoms with Crippen molar-refractivity contribution < 1.29 is 9.21 Å². The first-order valence-corrected chi connectivity index (χ1v) is 6.97. The van der Waals surface area contributed by atoms with E-state index in [9.17, 15) is 4.79 Å². The largest absolute Gasteiger partial charge is 0.467 e. The Labute approximate surface area is 137 Å². The zero-order valence-corrected chi connectivity index (χ0v) is 12.8. The fourth-order valence-corrected chi connectivity index (χ4v) is 2.14. The van der Waals surface area contributed by atoms with Crippen LogP contribution in [-0.2, 0) is 11.3 Å². The summed E-state index contributed by atoms with van der Waals surface area (Å²) in [4.78, 5) is 11.9. The molecular formula is C15H11Cl2N3O2. The zero-order valence-electron chi connectivity index (χ0n) is 11.3. The third kappa shape index (κ3) is 4.55. The molecule has 0 radical (unpaired) electrons. The standard InChI is InChI=1S/C15H11Cl2N3O2/c16-11-4-12(17)6-13(5-11)19-8-10(7-18)15(21)20-9-14-2-1-3-22-14/h1-6,8,19H,9H2,(H,20,21)/b10-8-. The van der Waals surface area contributed by atoms with Crippen molar-refractivity contribution in [2.24, 2.45) is 0 Å². The van der Waals surface area contributed by atoms with E-state index in [0.29, 0.717) is 21.5 Å². The predicted molar refractivity (Wildman–Crippen MR) is 84.3 cm³/mol. The Kier molecular flexibility index (Phi) is 5.48. The maximum absolute atomic E-state index is 11.9. The number of amides is 1. The van der Waals surface area contributed by atoms with Crippen molar-refractivity contribution in [3.63, 3.8) is 0 Å². The van der Waals surface area contributed by atoms with Crippen LogP contribution < -0.4 is 10.6 Å². The molecule has 0 saturated carbocycles. The van der Waals surface area contributed by atoms with Crippen LogP contribution >= 0.6 is 23.2 Å². The summed E-state index contributed by atoms with van der Waals surface area (Å²) in [6.45, 7) is 0.202. The molecule has 7 heteroatoms. The van der Waals surface area contributed by atoms with E-state index >= 15 is 0 Å². The number of carbonyl (C=O) groups is 1. The average Bonchev–Trinajstić information content (AvgIpc) is 2.98. The number of furan rings is 1. The van der Waals surface area contributed by atoms with Gasteiger partial charge in [-0.3, -0.25) is 4.79 Å². The highest BCUT2D eigenvalue weighted by atomic mass is 35.5. The molecule has 0 aliphatic carbocycles. The summed E-state index contributed by atoms with van der Waals surface area (Å²) < 4.78 is 5.09. The van der Waals surface area contributed by atoms with Gasteiger partial charge in [0.1, 0.15) is 17.4 Å².